The Balaban J connectivity index is 1.14. The molecule has 0 bridgehead atoms. The van der Waals surface area contributed by atoms with E-state index in [4.69, 9.17) is 4.74 Å². The van der Waals surface area contributed by atoms with Crippen LogP contribution >= 0.6 is 0 Å². The molecular formula is C37H51N7O6. The lowest BCUT2D eigenvalue weighted by Gasteiger charge is -2.50. The topological polar surface area (TPSA) is 146 Å². The predicted molar refractivity (Wildman–Crippen MR) is 184 cm³/mol. The van der Waals surface area contributed by atoms with Crippen LogP contribution in [0.25, 0.3) is 0 Å². The van der Waals surface area contributed by atoms with Crippen molar-refractivity contribution in [3.63, 3.8) is 0 Å². The van der Waals surface area contributed by atoms with E-state index in [0.717, 1.165) is 37.9 Å². The van der Waals surface area contributed by atoms with Gasteiger partial charge in [-0.2, -0.15) is 5.10 Å². The number of carbonyl (C=O) groups excluding carboxylic acids is 5. The van der Waals surface area contributed by atoms with Crippen molar-refractivity contribution in [2.24, 2.45) is 28.6 Å². The third-order valence-electron chi connectivity index (χ3n) is 11.4. The van der Waals surface area contributed by atoms with E-state index >= 15 is 0 Å². The minimum Gasteiger partial charge on any atom is -0.371 e. The molecule has 3 saturated heterocycles. The van der Waals surface area contributed by atoms with Crippen molar-refractivity contribution >= 4 is 29.5 Å². The van der Waals surface area contributed by atoms with Crippen molar-refractivity contribution in [2.45, 2.75) is 72.3 Å². The number of piperidine rings is 1. The van der Waals surface area contributed by atoms with Gasteiger partial charge < -0.3 is 30.1 Å². The van der Waals surface area contributed by atoms with Crippen molar-refractivity contribution in [1.82, 2.24) is 35.1 Å². The van der Waals surface area contributed by atoms with Gasteiger partial charge in [-0.25, -0.2) is 0 Å². The monoisotopic (exact) mass is 689 g/mol. The molecule has 2 N–H and O–H groups in total. The molecule has 1 aromatic heterocycles. The number of amides is 5. The summed E-state index contributed by atoms with van der Waals surface area (Å²) in [6, 6.07) is 8.66. The van der Waals surface area contributed by atoms with E-state index in [1.165, 1.54) is 7.05 Å². The van der Waals surface area contributed by atoms with E-state index in [1.807, 2.05) is 40.1 Å². The molecule has 6 rings (SSSR count). The number of aromatic nitrogens is 2. The van der Waals surface area contributed by atoms with Crippen LogP contribution in [0.5, 0.6) is 0 Å². The van der Waals surface area contributed by atoms with Gasteiger partial charge in [0.2, 0.25) is 23.6 Å². The number of hydrogen-bond acceptors (Lipinski definition) is 7. The molecule has 3 aliphatic heterocycles. The van der Waals surface area contributed by atoms with Gasteiger partial charge in [0.25, 0.3) is 5.91 Å². The van der Waals surface area contributed by atoms with Crippen molar-refractivity contribution in [3.05, 3.63) is 53.9 Å². The van der Waals surface area contributed by atoms with Crippen LogP contribution in [0.2, 0.25) is 0 Å². The maximum absolute atomic E-state index is 14.2. The van der Waals surface area contributed by atoms with Crippen LogP contribution < -0.4 is 10.6 Å². The molecule has 13 heteroatoms. The highest BCUT2D eigenvalue weighted by molar-refractivity contribution is 5.95. The van der Waals surface area contributed by atoms with Gasteiger partial charge in [0, 0.05) is 77.3 Å². The van der Waals surface area contributed by atoms with Gasteiger partial charge in [-0.15, -0.1) is 0 Å². The Kier molecular flexibility index (Phi) is 10.1. The number of likely N-dealkylation sites (N-methyl/N-ethyl adjacent to an activating group) is 1. The van der Waals surface area contributed by atoms with Gasteiger partial charge in [-0.1, -0.05) is 44.2 Å². The molecule has 13 nitrogen and oxygen atoms in total. The summed E-state index contributed by atoms with van der Waals surface area (Å²) in [4.78, 5) is 71.5. The molecule has 2 aromatic rings. The summed E-state index contributed by atoms with van der Waals surface area (Å²) in [5.74, 6) is -1.02. The van der Waals surface area contributed by atoms with Gasteiger partial charge in [0.15, 0.2) is 0 Å². The first-order chi connectivity index (χ1) is 23.8. The number of ether oxygens (including phenoxy) is 1. The highest BCUT2D eigenvalue weighted by Gasteiger charge is 2.62. The fourth-order valence-corrected chi connectivity index (χ4v) is 7.94. The second-order valence-electron chi connectivity index (χ2n) is 15.5. The molecule has 0 radical (unpaired) electrons. The minimum absolute atomic E-state index is 0.0183. The van der Waals surface area contributed by atoms with Crippen LogP contribution in [-0.2, 0) is 37.1 Å². The average Bonchev–Trinajstić information content (AvgIpc) is 3.39. The summed E-state index contributed by atoms with van der Waals surface area (Å²) >= 11 is 0. The maximum Gasteiger partial charge on any atom is 0.257 e. The first-order valence-electron chi connectivity index (χ1n) is 17.8. The molecule has 1 aromatic carbocycles. The van der Waals surface area contributed by atoms with Crippen LogP contribution in [-0.4, -0.2) is 112 Å². The van der Waals surface area contributed by atoms with Gasteiger partial charge in [-0.3, -0.25) is 28.7 Å². The molecule has 50 heavy (non-hydrogen) atoms. The maximum atomic E-state index is 14.2. The normalized spacial score (nSPS) is 23.6. The predicted octanol–water partition coefficient (Wildman–Crippen LogP) is 1.92. The lowest BCUT2D eigenvalue weighted by atomic mass is 9.70. The van der Waals surface area contributed by atoms with Crippen LogP contribution in [0.15, 0.2) is 42.7 Å². The Morgan fingerprint density at radius 2 is 1.64 bits per heavy atom. The number of carbonyl (C=O) groups is 5. The van der Waals surface area contributed by atoms with Gasteiger partial charge in [0.1, 0.15) is 6.04 Å². The van der Waals surface area contributed by atoms with Crippen LogP contribution in [0.1, 0.15) is 62.9 Å². The zero-order valence-electron chi connectivity index (χ0n) is 29.9. The third kappa shape index (κ3) is 7.42. The van der Waals surface area contributed by atoms with Crippen LogP contribution in [0, 0.1) is 28.6 Å². The van der Waals surface area contributed by atoms with Crippen molar-refractivity contribution in [1.29, 1.82) is 0 Å². The van der Waals surface area contributed by atoms with Gasteiger partial charge in [0.05, 0.1) is 30.4 Å². The number of nitrogens with zero attached hydrogens (tertiary/aromatic N) is 5. The molecule has 1 spiro atoms. The fraction of sp³-hybridized carbons (Fsp3) is 0.622. The summed E-state index contributed by atoms with van der Waals surface area (Å²) in [6.07, 6.45) is 5.32. The first-order valence-corrected chi connectivity index (χ1v) is 17.8. The molecule has 4 heterocycles. The summed E-state index contributed by atoms with van der Waals surface area (Å²) in [6.45, 7) is 11.2. The third-order valence-corrected chi connectivity index (χ3v) is 11.4. The van der Waals surface area contributed by atoms with E-state index in [2.05, 4.69) is 29.6 Å². The Hall–Kier alpha value is -4.26. The minimum atomic E-state index is -0.955. The molecule has 270 valence electrons. The lowest BCUT2D eigenvalue weighted by molar-refractivity contribution is -0.152. The van der Waals surface area contributed by atoms with E-state index in [9.17, 15) is 24.0 Å². The Morgan fingerprint density at radius 3 is 2.26 bits per heavy atom. The summed E-state index contributed by atoms with van der Waals surface area (Å²) in [7, 11) is 1.52. The zero-order chi connectivity index (χ0) is 35.8. The highest BCUT2D eigenvalue weighted by atomic mass is 16.5. The molecule has 4 aliphatic rings. The number of rotatable bonds is 11. The number of hydrogen-bond donors (Lipinski definition) is 2. The molecule has 5 amide bonds. The molecule has 4 atom stereocenters. The molecule has 1 aliphatic carbocycles. The zero-order valence-corrected chi connectivity index (χ0v) is 29.9. The van der Waals surface area contributed by atoms with E-state index < -0.39 is 23.5 Å². The second kappa shape index (κ2) is 14.2. The SMILES string of the molecule is CNC(=O)[C@@H](NC(=O)[C@@H]1CN(C(=O)c2cnn(CC3CCN(C(C)=O)CC3)c2)CC12CN(C(=O)[C@H]1CC1(C)C)C2)[C@@H](C)OCc1ccccc1. The summed E-state index contributed by atoms with van der Waals surface area (Å²) in [5.41, 5.74) is 0.747. The van der Waals surface area contributed by atoms with Gasteiger partial charge in [-0.05, 0) is 43.1 Å². The Bertz CT molecular complexity index is 1590. The van der Waals surface area contributed by atoms with Gasteiger partial charge >= 0.3 is 0 Å². The standard InChI is InChI=1S/C37H51N7O6/c1-24(50-20-27-9-7-6-8-10-27)31(33(47)38-5)40-32(46)30-19-42(21-37(30)22-43(23-37)35(49)29-15-36(29,3)4)34(48)28-16-39-44(18-28)17-26-11-13-41(14-12-26)25(2)45/h6-10,16,18,24,26,29-31H,11-15,17,19-23H2,1-5H3,(H,38,47)(H,40,46)/t24-,29-,30+,31+/m1/s1. The van der Waals surface area contributed by atoms with Crippen LogP contribution in [0.4, 0.5) is 0 Å². The molecular weight excluding hydrogens is 638 g/mol. The summed E-state index contributed by atoms with van der Waals surface area (Å²) in [5, 5.41) is 10.1. The van der Waals surface area contributed by atoms with Crippen molar-refractivity contribution in [3.8, 4) is 0 Å². The lowest BCUT2D eigenvalue weighted by Crippen LogP contribution is -2.65. The molecule has 1 saturated carbocycles. The Labute approximate surface area is 294 Å². The summed E-state index contributed by atoms with van der Waals surface area (Å²) < 4.78 is 7.84. The molecule has 0 unspecified atom stereocenters. The van der Waals surface area contributed by atoms with E-state index in [1.54, 1.807) is 35.8 Å². The van der Waals surface area contributed by atoms with Crippen LogP contribution in [0.3, 0.4) is 0 Å². The first kappa shape index (κ1) is 35.6. The Morgan fingerprint density at radius 1 is 0.980 bits per heavy atom. The molecule has 4 fully saturated rings. The van der Waals surface area contributed by atoms with Crippen molar-refractivity contribution < 1.29 is 28.7 Å². The number of nitrogens with one attached hydrogen (secondary N) is 2. The fourth-order valence-electron chi connectivity index (χ4n) is 7.94. The smallest absolute Gasteiger partial charge is 0.257 e. The quantitative estimate of drug-likeness (QED) is 0.367. The second-order valence-corrected chi connectivity index (χ2v) is 15.5. The van der Waals surface area contributed by atoms with E-state index in [0.29, 0.717) is 37.7 Å². The largest absolute Gasteiger partial charge is 0.371 e. The number of likely N-dealkylation sites (tertiary alicyclic amines) is 3. The number of benzene rings is 1. The highest BCUT2D eigenvalue weighted by Crippen LogP contribution is 2.54. The average molecular weight is 690 g/mol. The van der Waals surface area contributed by atoms with E-state index in [-0.39, 0.29) is 54.0 Å². The van der Waals surface area contributed by atoms with Crippen molar-refractivity contribution in [2.75, 3.05) is 46.3 Å².